The summed E-state index contributed by atoms with van der Waals surface area (Å²) in [7, 11) is 3.35. The molecule has 0 amide bonds. The van der Waals surface area contributed by atoms with E-state index in [0.29, 0.717) is 5.11 Å². The average Bonchev–Trinajstić information content (AvgIpc) is 1.68. The molecule has 0 aliphatic rings. The summed E-state index contributed by atoms with van der Waals surface area (Å²) < 4.78 is 0. The van der Waals surface area contributed by atoms with Crippen molar-refractivity contribution in [3.63, 3.8) is 0 Å². The zero-order chi connectivity index (χ0) is 5.70. The zero-order valence-corrected chi connectivity index (χ0v) is 5.14. The highest BCUT2D eigenvalue weighted by molar-refractivity contribution is 7.80. The summed E-state index contributed by atoms with van der Waals surface area (Å²) in [6.07, 6.45) is 0. The van der Waals surface area contributed by atoms with Gasteiger partial charge in [0.05, 0.1) is 0 Å². The fraction of sp³-hybridized carbons (Fsp3) is 0.500. The first-order valence-electron chi connectivity index (χ1n) is 2.12. The zero-order valence-electron chi connectivity index (χ0n) is 4.32. The summed E-state index contributed by atoms with van der Waals surface area (Å²) in [5.41, 5.74) is 0. The highest BCUT2D eigenvalue weighted by Crippen LogP contribution is 1.59. The predicted molar refractivity (Wildman–Crippen MR) is 34.8 cm³/mol. The van der Waals surface area contributed by atoms with E-state index in [1.807, 2.05) is 6.92 Å². The smallest absolute Gasteiger partial charge is 0.166 e. The maximum absolute atomic E-state index is 4.67. The van der Waals surface area contributed by atoms with Crippen LogP contribution in [-0.2, 0) is 0 Å². The van der Waals surface area contributed by atoms with Gasteiger partial charge in [0.2, 0.25) is 0 Å². The number of hydrogen-bond donors (Lipinski definition) is 2. The van der Waals surface area contributed by atoms with Gasteiger partial charge in [-0.1, -0.05) is 0 Å². The molecular weight excluding hydrogens is 108 g/mol. The first-order chi connectivity index (χ1) is 3.31. The van der Waals surface area contributed by atoms with Gasteiger partial charge in [0.25, 0.3) is 0 Å². The monoisotopic (exact) mass is 117 g/mol. The molecule has 0 aromatic heterocycles. The molecular formula is C4H9N2S. The van der Waals surface area contributed by atoms with Gasteiger partial charge in [0.1, 0.15) is 0 Å². The number of thiocarbonyl (C=S) groups is 1. The second-order valence-corrected chi connectivity index (χ2v) is 1.44. The van der Waals surface area contributed by atoms with E-state index in [4.69, 9.17) is 0 Å². The Morgan fingerprint density at radius 3 is 2.57 bits per heavy atom. The van der Waals surface area contributed by atoms with Crippen LogP contribution in [0.5, 0.6) is 0 Å². The Hall–Kier alpha value is -0.310. The van der Waals surface area contributed by atoms with Gasteiger partial charge in [-0.05, 0) is 19.1 Å². The van der Waals surface area contributed by atoms with E-state index in [1.54, 1.807) is 0 Å². The standard InChI is InChI=1S/C4H9N2S/c1-3-6-4(7)5-2/h2-3H2,1H3,(H2,5,6,7). The van der Waals surface area contributed by atoms with Gasteiger partial charge in [-0.25, -0.2) is 0 Å². The Kier molecular flexibility index (Phi) is 3.69. The molecule has 0 aliphatic heterocycles. The average molecular weight is 117 g/mol. The van der Waals surface area contributed by atoms with E-state index in [-0.39, 0.29) is 0 Å². The van der Waals surface area contributed by atoms with Crippen molar-refractivity contribution in [1.82, 2.24) is 10.6 Å². The van der Waals surface area contributed by atoms with Crippen molar-refractivity contribution in [3.05, 3.63) is 7.05 Å². The topological polar surface area (TPSA) is 24.1 Å². The lowest BCUT2D eigenvalue weighted by Gasteiger charge is -2.00. The molecule has 0 fully saturated rings. The van der Waals surface area contributed by atoms with Crippen LogP contribution in [0, 0.1) is 7.05 Å². The summed E-state index contributed by atoms with van der Waals surface area (Å²) in [4.78, 5) is 0. The van der Waals surface area contributed by atoms with E-state index in [1.165, 1.54) is 0 Å². The van der Waals surface area contributed by atoms with Gasteiger partial charge in [0.15, 0.2) is 5.11 Å². The minimum absolute atomic E-state index is 0.600. The van der Waals surface area contributed by atoms with E-state index in [9.17, 15) is 0 Å². The molecule has 0 aromatic carbocycles. The van der Waals surface area contributed by atoms with Crippen LogP contribution in [0.2, 0.25) is 0 Å². The van der Waals surface area contributed by atoms with Crippen LogP contribution in [-0.4, -0.2) is 11.7 Å². The number of nitrogens with one attached hydrogen (secondary N) is 2. The minimum Gasteiger partial charge on any atom is -0.363 e. The van der Waals surface area contributed by atoms with Gasteiger partial charge >= 0.3 is 0 Å². The Labute approximate surface area is 49.3 Å². The molecule has 0 rings (SSSR count). The fourth-order valence-corrected chi connectivity index (χ4v) is 0.367. The fourth-order valence-electron chi connectivity index (χ4n) is 0.223. The maximum Gasteiger partial charge on any atom is 0.166 e. The number of rotatable bonds is 1. The molecule has 0 bridgehead atoms. The molecule has 1 radical (unpaired) electrons. The largest absolute Gasteiger partial charge is 0.363 e. The maximum atomic E-state index is 4.67. The van der Waals surface area contributed by atoms with Crippen molar-refractivity contribution < 1.29 is 0 Å². The van der Waals surface area contributed by atoms with E-state index >= 15 is 0 Å². The molecule has 0 saturated carbocycles. The van der Waals surface area contributed by atoms with Crippen LogP contribution in [0.4, 0.5) is 0 Å². The Balaban J connectivity index is 3.00. The normalized spacial score (nSPS) is 7.71. The van der Waals surface area contributed by atoms with Gasteiger partial charge in [-0.3, -0.25) is 0 Å². The van der Waals surface area contributed by atoms with Gasteiger partial charge < -0.3 is 10.6 Å². The molecule has 0 aliphatic carbocycles. The highest BCUT2D eigenvalue weighted by atomic mass is 32.1. The van der Waals surface area contributed by atoms with Gasteiger partial charge in [-0.15, -0.1) is 0 Å². The van der Waals surface area contributed by atoms with Crippen LogP contribution in [0.3, 0.4) is 0 Å². The third-order valence-corrected chi connectivity index (χ3v) is 0.787. The summed E-state index contributed by atoms with van der Waals surface area (Å²) in [6, 6.07) is 0. The molecule has 7 heavy (non-hydrogen) atoms. The van der Waals surface area contributed by atoms with Crippen molar-refractivity contribution in [1.29, 1.82) is 0 Å². The third-order valence-electron chi connectivity index (χ3n) is 0.498. The molecule has 41 valence electrons. The van der Waals surface area contributed by atoms with Crippen molar-refractivity contribution >= 4 is 17.3 Å². The molecule has 2 nitrogen and oxygen atoms in total. The molecule has 0 atom stereocenters. The Morgan fingerprint density at radius 2 is 2.43 bits per heavy atom. The lowest BCUT2D eigenvalue weighted by molar-refractivity contribution is 0.947. The quantitative estimate of drug-likeness (QED) is 0.482. The molecule has 0 unspecified atom stereocenters. The predicted octanol–water partition coefficient (Wildman–Crippen LogP) is 0.262. The highest BCUT2D eigenvalue weighted by Gasteiger charge is 1.80. The van der Waals surface area contributed by atoms with Crippen molar-refractivity contribution in [2.75, 3.05) is 6.54 Å². The van der Waals surface area contributed by atoms with Gasteiger partial charge in [0, 0.05) is 13.6 Å². The van der Waals surface area contributed by atoms with Crippen LogP contribution >= 0.6 is 12.2 Å². The molecule has 0 saturated heterocycles. The van der Waals surface area contributed by atoms with E-state index < -0.39 is 0 Å². The molecule has 0 spiro atoms. The third kappa shape index (κ3) is 3.52. The lowest BCUT2D eigenvalue weighted by atomic mass is 10.7. The van der Waals surface area contributed by atoms with Crippen LogP contribution < -0.4 is 10.6 Å². The van der Waals surface area contributed by atoms with Crippen LogP contribution in [0.25, 0.3) is 0 Å². The second kappa shape index (κ2) is 3.87. The molecule has 0 aromatic rings. The van der Waals surface area contributed by atoms with E-state index in [2.05, 4.69) is 29.9 Å². The number of hydrogen-bond acceptors (Lipinski definition) is 1. The van der Waals surface area contributed by atoms with Crippen molar-refractivity contribution in [3.8, 4) is 0 Å². The first-order valence-corrected chi connectivity index (χ1v) is 2.53. The molecule has 2 N–H and O–H groups in total. The summed E-state index contributed by atoms with van der Waals surface area (Å²) >= 11 is 4.67. The van der Waals surface area contributed by atoms with E-state index in [0.717, 1.165) is 6.54 Å². The van der Waals surface area contributed by atoms with Crippen LogP contribution in [0.15, 0.2) is 0 Å². The molecule has 0 heterocycles. The van der Waals surface area contributed by atoms with Crippen LogP contribution in [0.1, 0.15) is 6.92 Å². The minimum atomic E-state index is 0.600. The Morgan fingerprint density at radius 1 is 1.86 bits per heavy atom. The molecule has 3 heteroatoms. The lowest BCUT2D eigenvalue weighted by Crippen LogP contribution is -2.30. The second-order valence-electron chi connectivity index (χ2n) is 1.04. The van der Waals surface area contributed by atoms with Gasteiger partial charge in [-0.2, -0.15) is 0 Å². The van der Waals surface area contributed by atoms with Crippen molar-refractivity contribution in [2.24, 2.45) is 0 Å². The summed E-state index contributed by atoms with van der Waals surface area (Å²) in [5, 5.41) is 5.99. The Bertz CT molecular complexity index is 62.7. The summed E-state index contributed by atoms with van der Waals surface area (Å²) in [5.74, 6) is 0. The van der Waals surface area contributed by atoms with Crippen molar-refractivity contribution in [2.45, 2.75) is 6.92 Å². The first kappa shape index (κ1) is 6.69. The SMILES string of the molecule is [CH2]NC(=S)NCC. The summed E-state index contributed by atoms with van der Waals surface area (Å²) in [6.45, 7) is 2.82.